The van der Waals surface area contributed by atoms with Crippen molar-refractivity contribution in [3.8, 4) is 0 Å². The van der Waals surface area contributed by atoms with Crippen molar-refractivity contribution >= 4 is 35.3 Å². The van der Waals surface area contributed by atoms with E-state index in [1.165, 1.54) is 12.5 Å². The molecule has 2 rings (SSSR count). The maximum atomic E-state index is 11.7. The van der Waals surface area contributed by atoms with Gasteiger partial charge in [-0.3, -0.25) is 9.59 Å². The molecule has 6 nitrogen and oxygen atoms in total. The summed E-state index contributed by atoms with van der Waals surface area (Å²) in [7, 11) is 0. The Hall–Kier alpha value is -2.60. The highest BCUT2D eigenvalue weighted by Gasteiger charge is 2.14. The molecule has 2 amide bonds. The van der Waals surface area contributed by atoms with Crippen LogP contribution in [0.5, 0.6) is 0 Å². The minimum Gasteiger partial charge on any atom is -0.463 e. The summed E-state index contributed by atoms with van der Waals surface area (Å²) in [6, 6.07) is 8.36. The van der Waals surface area contributed by atoms with Crippen LogP contribution in [0.15, 0.2) is 46.1 Å². The molecule has 21 heavy (non-hydrogen) atoms. The van der Waals surface area contributed by atoms with E-state index in [1.807, 2.05) is 0 Å². The lowest BCUT2D eigenvalue weighted by Crippen LogP contribution is -2.32. The molecule has 1 aromatic carbocycles. The van der Waals surface area contributed by atoms with Gasteiger partial charge in [0.05, 0.1) is 12.5 Å². The van der Waals surface area contributed by atoms with Crippen LogP contribution in [0.25, 0.3) is 0 Å². The highest BCUT2D eigenvalue weighted by Crippen LogP contribution is 2.22. The van der Waals surface area contributed by atoms with Crippen LogP contribution in [0.4, 0.5) is 5.69 Å². The normalized spacial score (nSPS) is 10.6. The maximum absolute atomic E-state index is 11.7. The van der Waals surface area contributed by atoms with Gasteiger partial charge in [-0.25, -0.2) is 5.43 Å². The molecule has 0 bridgehead atoms. The lowest BCUT2D eigenvalue weighted by atomic mass is 10.2. The van der Waals surface area contributed by atoms with Crippen molar-refractivity contribution in [2.45, 2.75) is 6.92 Å². The quantitative estimate of drug-likeness (QED) is 0.518. The number of nitrogens with one attached hydrogen (secondary N) is 2. The summed E-state index contributed by atoms with van der Waals surface area (Å²) in [5, 5.41) is 6.58. The molecule has 0 aliphatic rings. The van der Waals surface area contributed by atoms with Gasteiger partial charge in [-0.1, -0.05) is 17.7 Å². The van der Waals surface area contributed by atoms with Gasteiger partial charge in [-0.15, -0.1) is 0 Å². The molecule has 2 N–H and O–H groups in total. The van der Waals surface area contributed by atoms with Crippen molar-refractivity contribution in [2.24, 2.45) is 5.10 Å². The van der Waals surface area contributed by atoms with Crippen molar-refractivity contribution in [1.82, 2.24) is 5.43 Å². The number of hydrogen-bond acceptors (Lipinski definition) is 4. The monoisotopic (exact) mass is 305 g/mol. The second kappa shape index (κ2) is 6.71. The fraction of sp³-hybridized carbons (Fsp3) is 0.0714. The largest absolute Gasteiger partial charge is 0.463 e. The van der Waals surface area contributed by atoms with E-state index in [2.05, 4.69) is 15.8 Å². The topological polar surface area (TPSA) is 83.7 Å². The first-order valence-corrected chi connectivity index (χ1v) is 6.38. The summed E-state index contributed by atoms with van der Waals surface area (Å²) in [5.74, 6) is -1.27. The molecular weight excluding hydrogens is 294 g/mol. The van der Waals surface area contributed by atoms with Gasteiger partial charge in [0, 0.05) is 10.7 Å². The summed E-state index contributed by atoms with van der Waals surface area (Å²) >= 11 is 5.93. The molecule has 0 aliphatic carbocycles. The average Bonchev–Trinajstić information content (AvgIpc) is 2.97. The first-order valence-electron chi connectivity index (χ1n) is 6.01. The van der Waals surface area contributed by atoms with Crippen molar-refractivity contribution in [3.05, 3.63) is 52.9 Å². The Morgan fingerprint density at radius 1 is 1.24 bits per heavy atom. The Labute approximate surface area is 125 Å². The molecule has 0 saturated heterocycles. The number of amides is 2. The molecular formula is C14H12ClN3O3. The highest BCUT2D eigenvalue weighted by atomic mass is 35.5. The van der Waals surface area contributed by atoms with Crippen molar-refractivity contribution in [3.63, 3.8) is 0 Å². The third kappa shape index (κ3) is 3.93. The summed E-state index contributed by atoms with van der Waals surface area (Å²) < 4.78 is 4.98. The minimum absolute atomic E-state index is 0.460. The summed E-state index contributed by atoms with van der Waals surface area (Å²) in [6.45, 7) is 1.74. The second-order valence-electron chi connectivity index (χ2n) is 4.08. The van der Waals surface area contributed by atoms with Gasteiger partial charge < -0.3 is 9.73 Å². The van der Waals surface area contributed by atoms with Gasteiger partial charge in [0.25, 0.3) is 0 Å². The lowest BCUT2D eigenvalue weighted by molar-refractivity contribution is -0.136. The van der Waals surface area contributed by atoms with E-state index in [-0.39, 0.29) is 0 Å². The number of hydrazone groups is 1. The van der Waals surface area contributed by atoms with Gasteiger partial charge in [-0.2, -0.15) is 5.10 Å². The predicted molar refractivity (Wildman–Crippen MR) is 79.3 cm³/mol. The molecule has 1 aromatic heterocycles. The van der Waals surface area contributed by atoms with E-state index in [1.54, 1.807) is 37.3 Å². The van der Waals surface area contributed by atoms with Gasteiger partial charge in [0.1, 0.15) is 5.76 Å². The van der Waals surface area contributed by atoms with E-state index in [0.29, 0.717) is 22.0 Å². The van der Waals surface area contributed by atoms with Gasteiger partial charge in [0.15, 0.2) is 0 Å². The van der Waals surface area contributed by atoms with Gasteiger partial charge in [0.2, 0.25) is 0 Å². The molecule has 0 atom stereocenters. The van der Waals surface area contributed by atoms with Crippen molar-refractivity contribution in [1.29, 1.82) is 0 Å². The zero-order chi connectivity index (χ0) is 15.2. The predicted octanol–water partition coefficient (Wildman–Crippen LogP) is 2.33. The fourth-order valence-electron chi connectivity index (χ4n) is 1.49. The number of furan rings is 1. The smallest absolute Gasteiger partial charge is 0.329 e. The molecule has 0 unspecified atom stereocenters. The summed E-state index contributed by atoms with van der Waals surface area (Å²) in [4.78, 5) is 23.3. The van der Waals surface area contributed by atoms with Crippen LogP contribution in [0.1, 0.15) is 11.3 Å². The van der Waals surface area contributed by atoms with Crippen LogP contribution in [0, 0.1) is 6.92 Å². The van der Waals surface area contributed by atoms with Crippen molar-refractivity contribution < 1.29 is 14.0 Å². The van der Waals surface area contributed by atoms with Crippen LogP contribution in [-0.4, -0.2) is 18.0 Å². The molecule has 1 heterocycles. The van der Waals surface area contributed by atoms with Crippen LogP contribution in [0.3, 0.4) is 0 Å². The molecule has 7 heteroatoms. The fourth-order valence-corrected chi connectivity index (χ4v) is 1.67. The van der Waals surface area contributed by atoms with Crippen LogP contribution >= 0.6 is 11.6 Å². The third-order valence-electron chi connectivity index (χ3n) is 2.62. The zero-order valence-corrected chi connectivity index (χ0v) is 11.8. The van der Waals surface area contributed by atoms with Crippen molar-refractivity contribution in [2.75, 3.05) is 5.32 Å². The number of rotatable bonds is 3. The molecule has 0 saturated carbocycles. The van der Waals surface area contributed by atoms with E-state index in [4.69, 9.17) is 16.0 Å². The molecule has 0 aliphatic heterocycles. The summed E-state index contributed by atoms with van der Waals surface area (Å²) in [5.41, 5.74) is 3.25. The zero-order valence-electron chi connectivity index (χ0n) is 11.1. The number of halogens is 1. The highest BCUT2D eigenvalue weighted by molar-refractivity contribution is 6.40. The Kier molecular flexibility index (Phi) is 4.73. The number of nitrogens with zero attached hydrogens (tertiary/aromatic N) is 1. The number of carbonyl (C=O) groups is 2. The number of carbonyl (C=O) groups excluding carboxylic acids is 2. The lowest BCUT2D eigenvalue weighted by Gasteiger charge is -2.08. The first kappa shape index (κ1) is 14.8. The third-order valence-corrected chi connectivity index (χ3v) is 3.03. The number of benzene rings is 1. The van der Waals surface area contributed by atoms with Gasteiger partial charge in [-0.05, 0) is 36.8 Å². The van der Waals surface area contributed by atoms with E-state index < -0.39 is 11.8 Å². The SMILES string of the molecule is Cc1c(Cl)cccc1NC(=O)C(=O)N/N=C\c1ccco1. The summed E-state index contributed by atoms with van der Waals surface area (Å²) in [6.07, 6.45) is 2.76. The van der Waals surface area contributed by atoms with Crippen LogP contribution in [-0.2, 0) is 9.59 Å². The Balaban J connectivity index is 1.94. The second-order valence-corrected chi connectivity index (χ2v) is 4.49. The molecule has 2 aromatic rings. The number of anilines is 1. The van der Waals surface area contributed by atoms with E-state index >= 15 is 0 Å². The Morgan fingerprint density at radius 2 is 2.05 bits per heavy atom. The van der Waals surface area contributed by atoms with Crippen LogP contribution < -0.4 is 10.7 Å². The van der Waals surface area contributed by atoms with Crippen LogP contribution in [0.2, 0.25) is 5.02 Å². The Morgan fingerprint density at radius 3 is 2.76 bits per heavy atom. The molecule has 0 radical (unpaired) electrons. The van der Waals surface area contributed by atoms with Gasteiger partial charge >= 0.3 is 11.8 Å². The average molecular weight is 306 g/mol. The van der Waals surface area contributed by atoms with E-state index in [9.17, 15) is 9.59 Å². The maximum Gasteiger partial charge on any atom is 0.329 e. The van der Waals surface area contributed by atoms with E-state index in [0.717, 1.165) is 0 Å². The minimum atomic E-state index is -0.891. The Bertz CT molecular complexity index is 681. The standard InChI is InChI=1S/C14H12ClN3O3/c1-9-11(15)5-2-6-12(9)17-13(19)14(20)18-16-8-10-4-3-7-21-10/h2-8H,1H3,(H,17,19)(H,18,20)/b16-8-. The molecule has 108 valence electrons. The molecule has 0 spiro atoms. The number of hydrogen-bond donors (Lipinski definition) is 2. The first-order chi connectivity index (χ1) is 10.1. The molecule has 0 fully saturated rings.